The van der Waals surface area contributed by atoms with Crippen molar-refractivity contribution in [3.63, 3.8) is 0 Å². The summed E-state index contributed by atoms with van der Waals surface area (Å²) in [6, 6.07) is 6.42. The van der Waals surface area contributed by atoms with Gasteiger partial charge in [0.1, 0.15) is 0 Å². The quantitative estimate of drug-likeness (QED) is 0.836. The van der Waals surface area contributed by atoms with Gasteiger partial charge in [0, 0.05) is 44.7 Å². The summed E-state index contributed by atoms with van der Waals surface area (Å²) in [5, 5.41) is 3.77. The smallest absolute Gasteiger partial charge is 0.226 e. The zero-order valence-corrected chi connectivity index (χ0v) is 15.3. The molecule has 1 amide bonds. The van der Waals surface area contributed by atoms with Crippen LogP contribution in [0, 0.1) is 20.8 Å². The minimum absolute atomic E-state index is 0.219. The molecule has 0 bridgehead atoms. The number of hydrogen-bond donors (Lipinski definition) is 0. The van der Waals surface area contributed by atoms with Crippen LogP contribution in [0.25, 0.3) is 0 Å². The summed E-state index contributed by atoms with van der Waals surface area (Å²) in [5.41, 5.74) is 3.93. The second kappa shape index (κ2) is 7.68. The standard InChI is InChI=1S/C19H26N4O2/c1-14-6-4-7-17(15(14)2)22-10-12-23(13-11-22)19(24)9-5-8-18-20-16(3)21-25-18/h4,6-7H,5,8-13H2,1-3H3. The fourth-order valence-electron chi connectivity index (χ4n) is 3.27. The average Bonchev–Trinajstić information content (AvgIpc) is 3.03. The first-order valence-corrected chi connectivity index (χ1v) is 8.92. The molecule has 0 unspecified atom stereocenters. The molecule has 25 heavy (non-hydrogen) atoms. The molecule has 1 saturated heterocycles. The van der Waals surface area contributed by atoms with Gasteiger partial charge in [-0.15, -0.1) is 0 Å². The molecule has 2 heterocycles. The van der Waals surface area contributed by atoms with Gasteiger partial charge in [-0.05, 0) is 44.4 Å². The van der Waals surface area contributed by atoms with Crippen molar-refractivity contribution in [1.29, 1.82) is 0 Å². The third-order valence-corrected chi connectivity index (χ3v) is 4.90. The number of nitrogens with zero attached hydrogens (tertiary/aromatic N) is 4. The molecule has 0 spiro atoms. The van der Waals surface area contributed by atoms with Crippen LogP contribution in [0.3, 0.4) is 0 Å². The van der Waals surface area contributed by atoms with Crippen LogP contribution in [0.4, 0.5) is 5.69 Å². The van der Waals surface area contributed by atoms with E-state index in [0.717, 1.165) is 32.6 Å². The Labute approximate surface area is 148 Å². The molecular formula is C19H26N4O2. The van der Waals surface area contributed by atoms with E-state index in [1.54, 1.807) is 6.92 Å². The number of aryl methyl sites for hydroxylation is 3. The summed E-state index contributed by atoms with van der Waals surface area (Å²) in [7, 11) is 0. The van der Waals surface area contributed by atoms with E-state index in [1.807, 2.05) is 4.90 Å². The number of hydrogen-bond acceptors (Lipinski definition) is 5. The molecule has 1 aliphatic rings. The van der Waals surface area contributed by atoms with E-state index < -0.39 is 0 Å². The first-order chi connectivity index (χ1) is 12.0. The normalized spacial score (nSPS) is 14.8. The summed E-state index contributed by atoms with van der Waals surface area (Å²) in [5.74, 6) is 1.48. The molecule has 1 fully saturated rings. The third-order valence-electron chi connectivity index (χ3n) is 4.90. The minimum atomic E-state index is 0.219. The molecule has 6 nitrogen and oxygen atoms in total. The monoisotopic (exact) mass is 342 g/mol. The van der Waals surface area contributed by atoms with Gasteiger partial charge in [-0.1, -0.05) is 17.3 Å². The Balaban J connectivity index is 1.46. The number of aromatic nitrogens is 2. The number of rotatable bonds is 5. The summed E-state index contributed by atoms with van der Waals surface area (Å²) >= 11 is 0. The summed E-state index contributed by atoms with van der Waals surface area (Å²) in [6.45, 7) is 9.45. The lowest BCUT2D eigenvalue weighted by Crippen LogP contribution is -2.49. The maximum Gasteiger partial charge on any atom is 0.226 e. The average molecular weight is 342 g/mol. The first kappa shape index (κ1) is 17.5. The van der Waals surface area contributed by atoms with Crippen LogP contribution >= 0.6 is 0 Å². The van der Waals surface area contributed by atoms with Gasteiger partial charge in [-0.3, -0.25) is 4.79 Å². The van der Waals surface area contributed by atoms with Crippen LogP contribution in [-0.2, 0) is 11.2 Å². The van der Waals surface area contributed by atoms with Crippen LogP contribution in [0.1, 0.15) is 35.7 Å². The molecule has 0 N–H and O–H groups in total. The van der Waals surface area contributed by atoms with Gasteiger partial charge >= 0.3 is 0 Å². The molecule has 0 atom stereocenters. The molecular weight excluding hydrogens is 316 g/mol. The van der Waals surface area contributed by atoms with Crippen LogP contribution < -0.4 is 4.90 Å². The maximum atomic E-state index is 12.4. The van der Waals surface area contributed by atoms with Crippen molar-refractivity contribution < 1.29 is 9.32 Å². The Kier molecular flexibility index (Phi) is 5.36. The van der Waals surface area contributed by atoms with Crippen molar-refractivity contribution in [3.8, 4) is 0 Å². The highest BCUT2D eigenvalue weighted by atomic mass is 16.5. The Morgan fingerprint density at radius 2 is 1.92 bits per heavy atom. The highest BCUT2D eigenvalue weighted by molar-refractivity contribution is 5.76. The van der Waals surface area contributed by atoms with Gasteiger partial charge in [0.15, 0.2) is 5.82 Å². The number of piperazine rings is 1. The van der Waals surface area contributed by atoms with E-state index in [4.69, 9.17) is 4.52 Å². The highest BCUT2D eigenvalue weighted by Gasteiger charge is 2.22. The summed E-state index contributed by atoms with van der Waals surface area (Å²) < 4.78 is 5.08. The van der Waals surface area contributed by atoms with Crippen LogP contribution in [0.5, 0.6) is 0 Å². The fourth-order valence-corrected chi connectivity index (χ4v) is 3.27. The van der Waals surface area contributed by atoms with Gasteiger partial charge in [0.05, 0.1) is 0 Å². The topological polar surface area (TPSA) is 62.5 Å². The number of carbonyl (C=O) groups is 1. The Bertz CT molecular complexity index is 733. The summed E-state index contributed by atoms with van der Waals surface area (Å²) in [4.78, 5) is 20.9. The van der Waals surface area contributed by atoms with Crippen molar-refractivity contribution in [2.24, 2.45) is 0 Å². The maximum absolute atomic E-state index is 12.4. The Hall–Kier alpha value is -2.37. The van der Waals surface area contributed by atoms with E-state index >= 15 is 0 Å². The van der Waals surface area contributed by atoms with Crippen molar-refractivity contribution in [2.45, 2.75) is 40.0 Å². The molecule has 0 saturated carbocycles. The zero-order chi connectivity index (χ0) is 17.8. The van der Waals surface area contributed by atoms with E-state index in [1.165, 1.54) is 16.8 Å². The van der Waals surface area contributed by atoms with Gasteiger partial charge in [0.25, 0.3) is 0 Å². The lowest BCUT2D eigenvalue weighted by atomic mass is 10.1. The van der Waals surface area contributed by atoms with Gasteiger partial charge in [-0.2, -0.15) is 4.98 Å². The van der Waals surface area contributed by atoms with E-state index in [0.29, 0.717) is 24.6 Å². The van der Waals surface area contributed by atoms with E-state index in [9.17, 15) is 4.79 Å². The van der Waals surface area contributed by atoms with Crippen LogP contribution in [0.15, 0.2) is 22.7 Å². The molecule has 1 aromatic heterocycles. The molecule has 0 radical (unpaired) electrons. The minimum Gasteiger partial charge on any atom is -0.368 e. The van der Waals surface area contributed by atoms with E-state index in [2.05, 4.69) is 47.1 Å². The lowest BCUT2D eigenvalue weighted by Gasteiger charge is -2.37. The predicted molar refractivity (Wildman–Crippen MR) is 96.7 cm³/mol. The number of benzene rings is 1. The van der Waals surface area contributed by atoms with Crippen molar-refractivity contribution in [1.82, 2.24) is 15.0 Å². The Morgan fingerprint density at radius 3 is 2.60 bits per heavy atom. The van der Waals surface area contributed by atoms with Crippen LogP contribution in [-0.4, -0.2) is 47.1 Å². The van der Waals surface area contributed by atoms with Gasteiger partial charge in [0.2, 0.25) is 11.8 Å². The van der Waals surface area contributed by atoms with E-state index in [-0.39, 0.29) is 5.91 Å². The second-order valence-corrected chi connectivity index (χ2v) is 6.68. The molecule has 1 aliphatic heterocycles. The largest absolute Gasteiger partial charge is 0.368 e. The lowest BCUT2D eigenvalue weighted by molar-refractivity contribution is -0.131. The predicted octanol–water partition coefficient (Wildman–Crippen LogP) is 2.67. The molecule has 6 heteroatoms. The fraction of sp³-hybridized carbons (Fsp3) is 0.526. The summed E-state index contributed by atoms with van der Waals surface area (Å²) in [6.07, 6.45) is 1.94. The Morgan fingerprint density at radius 1 is 1.16 bits per heavy atom. The number of carbonyl (C=O) groups excluding carboxylic acids is 1. The number of anilines is 1. The van der Waals surface area contributed by atoms with Gasteiger partial charge < -0.3 is 14.3 Å². The number of amides is 1. The van der Waals surface area contributed by atoms with Crippen molar-refractivity contribution in [2.75, 3.05) is 31.1 Å². The SMILES string of the molecule is Cc1noc(CCCC(=O)N2CCN(c3cccc(C)c3C)CC2)n1. The molecule has 1 aromatic carbocycles. The van der Waals surface area contributed by atoms with Crippen molar-refractivity contribution >= 4 is 11.6 Å². The zero-order valence-electron chi connectivity index (χ0n) is 15.3. The second-order valence-electron chi connectivity index (χ2n) is 6.68. The van der Waals surface area contributed by atoms with Crippen LogP contribution in [0.2, 0.25) is 0 Å². The molecule has 134 valence electrons. The highest BCUT2D eigenvalue weighted by Crippen LogP contribution is 2.24. The third kappa shape index (κ3) is 4.18. The first-order valence-electron chi connectivity index (χ1n) is 8.92. The molecule has 3 rings (SSSR count). The molecule has 2 aromatic rings. The van der Waals surface area contributed by atoms with Gasteiger partial charge in [-0.25, -0.2) is 0 Å². The molecule has 0 aliphatic carbocycles. The van der Waals surface area contributed by atoms with Crippen molar-refractivity contribution in [3.05, 3.63) is 41.0 Å².